The summed E-state index contributed by atoms with van der Waals surface area (Å²) in [7, 11) is 1.27. The average molecular weight is 210 g/mol. The van der Waals surface area contributed by atoms with Crippen molar-refractivity contribution in [1.82, 2.24) is 0 Å². The highest BCUT2D eigenvalue weighted by Crippen LogP contribution is 2.08. The minimum Gasteiger partial charge on any atom is -0.619 e. The van der Waals surface area contributed by atoms with E-state index in [1.165, 1.54) is 20.2 Å². The van der Waals surface area contributed by atoms with Gasteiger partial charge in [0, 0.05) is 12.1 Å². The van der Waals surface area contributed by atoms with Gasteiger partial charge in [0.1, 0.15) is 5.54 Å². The van der Waals surface area contributed by atoms with Crippen LogP contribution in [0.5, 0.6) is 0 Å². The van der Waals surface area contributed by atoms with Crippen molar-refractivity contribution >= 4 is 5.97 Å². The molecule has 0 amide bonds. The van der Waals surface area contributed by atoms with Crippen molar-refractivity contribution in [2.24, 2.45) is 5.73 Å². The number of carbonyl (C=O) groups excluding carboxylic acids is 1. The van der Waals surface area contributed by atoms with E-state index in [2.05, 4.69) is 4.74 Å². The van der Waals surface area contributed by atoms with E-state index in [9.17, 15) is 10.0 Å². The monoisotopic (exact) mass is 210 g/mol. The van der Waals surface area contributed by atoms with Gasteiger partial charge in [0.15, 0.2) is 11.9 Å². The van der Waals surface area contributed by atoms with Gasteiger partial charge in [-0.05, 0) is 6.92 Å². The molecular weight excluding hydrogens is 196 g/mol. The normalized spacial score (nSPS) is 14.3. The summed E-state index contributed by atoms with van der Waals surface area (Å²) in [5.74, 6) is -0.536. The molecule has 1 aromatic heterocycles. The first-order valence-electron chi connectivity index (χ1n) is 4.52. The molecule has 1 rings (SSSR count). The Labute approximate surface area is 88.0 Å². The van der Waals surface area contributed by atoms with Crippen molar-refractivity contribution in [3.63, 3.8) is 0 Å². The summed E-state index contributed by atoms with van der Waals surface area (Å²) >= 11 is 0. The first kappa shape index (κ1) is 11.5. The second kappa shape index (κ2) is 4.27. The van der Waals surface area contributed by atoms with Crippen LogP contribution < -0.4 is 10.5 Å². The molecule has 15 heavy (non-hydrogen) atoms. The van der Waals surface area contributed by atoms with Crippen LogP contribution in [0.2, 0.25) is 0 Å². The summed E-state index contributed by atoms with van der Waals surface area (Å²) in [4.78, 5) is 11.3. The van der Waals surface area contributed by atoms with Crippen LogP contribution in [0.25, 0.3) is 0 Å². The Bertz CT molecular complexity index is 363. The standard InChI is InChI=1S/C10H14N2O3/c1-10(11,9(13)15-2)7-8-5-3-4-6-12(8)14/h3-6H,7,11H2,1-2H3. The molecular formula is C10H14N2O3. The number of rotatable bonds is 3. The summed E-state index contributed by atoms with van der Waals surface area (Å²) in [6.45, 7) is 1.53. The number of aromatic nitrogens is 1. The number of hydrogen-bond acceptors (Lipinski definition) is 4. The third-order valence-electron chi connectivity index (χ3n) is 2.10. The second-order valence-corrected chi connectivity index (χ2v) is 3.60. The maximum Gasteiger partial charge on any atom is 0.326 e. The first-order valence-corrected chi connectivity index (χ1v) is 4.52. The molecule has 82 valence electrons. The number of nitrogens with zero attached hydrogens (tertiary/aromatic N) is 1. The lowest BCUT2D eigenvalue weighted by atomic mass is 9.97. The Balaban J connectivity index is 2.86. The largest absolute Gasteiger partial charge is 0.619 e. The number of pyridine rings is 1. The molecule has 0 spiro atoms. The molecule has 0 aliphatic carbocycles. The maximum atomic E-state index is 11.3. The zero-order valence-electron chi connectivity index (χ0n) is 8.77. The maximum absolute atomic E-state index is 11.3. The van der Waals surface area contributed by atoms with E-state index in [0.29, 0.717) is 10.4 Å². The van der Waals surface area contributed by atoms with Crippen molar-refractivity contribution in [2.45, 2.75) is 18.9 Å². The fourth-order valence-electron chi connectivity index (χ4n) is 1.28. The van der Waals surface area contributed by atoms with Gasteiger partial charge in [-0.2, -0.15) is 4.73 Å². The molecule has 0 aliphatic heterocycles. The summed E-state index contributed by atoms with van der Waals surface area (Å²) in [5.41, 5.74) is 5.00. The zero-order valence-corrected chi connectivity index (χ0v) is 8.77. The molecule has 0 radical (unpaired) electrons. The van der Waals surface area contributed by atoms with Gasteiger partial charge in [-0.15, -0.1) is 0 Å². The summed E-state index contributed by atoms with van der Waals surface area (Å²) < 4.78 is 5.24. The van der Waals surface area contributed by atoms with Gasteiger partial charge in [-0.25, -0.2) is 0 Å². The predicted molar refractivity (Wildman–Crippen MR) is 53.7 cm³/mol. The molecule has 2 N–H and O–H groups in total. The molecule has 0 bridgehead atoms. The van der Waals surface area contributed by atoms with Crippen LogP contribution in [-0.4, -0.2) is 18.6 Å². The second-order valence-electron chi connectivity index (χ2n) is 3.60. The molecule has 0 saturated heterocycles. The van der Waals surface area contributed by atoms with E-state index >= 15 is 0 Å². The Kier molecular flexibility index (Phi) is 3.26. The van der Waals surface area contributed by atoms with Crippen LogP contribution in [0, 0.1) is 5.21 Å². The van der Waals surface area contributed by atoms with Gasteiger partial charge in [-0.3, -0.25) is 4.79 Å². The van der Waals surface area contributed by atoms with Crippen molar-refractivity contribution in [3.05, 3.63) is 35.3 Å². The molecule has 0 saturated carbocycles. The van der Waals surface area contributed by atoms with Crippen molar-refractivity contribution in [1.29, 1.82) is 0 Å². The first-order chi connectivity index (χ1) is 6.97. The fourth-order valence-corrected chi connectivity index (χ4v) is 1.28. The molecule has 0 fully saturated rings. The highest BCUT2D eigenvalue weighted by molar-refractivity contribution is 5.80. The lowest BCUT2D eigenvalue weighted by Crippen LogP contribution is -2.50. The van der Waals surface area contributed by atoms with Crippen molar-refractivity contribution in [2.75, 3.05) is 7.11 Å². The van der Waals surface area contributed by atoms with Crippen LogP contribution in [0.1, 0.15) is 12.6 Å². The number of nitrogens with two attached hydrogens (primary N) is 1. The van der Waals surface area contributed by atoms with E-state index < -0.39 is 11.5 Å². The Morgan fingerprint density at radius 2 is 2.33 bits per heavy atom. The van der Waals surface area contributed by atoms with Gasteiger partial charge < -0.3 is 15.7 Å². The molecule has 1 heterocycles. The van der Waals surface area contributed by atoms with Crippen molar-refractivity contribution in [3.8, 4) is 0 Å². The number of carbonyl (C=O) groups is 1. The quantitative estimate of drug-likeness (QED) is 0.424. The van der Waals surface area contributed by atoms with E-state index in [4.69, 9.17) is 5.73 Å². The molecule has 1 atom stereocenters. The van der Waals surface area contributed by atoms with Gasteiger partial charge in [-0.1, -0.05) is 6.07 Å². The Hall–Kier alpha value is -1.62. The SMILES string of the molecule is COC(=O)C(C)(N)Cc1cccc[n+]1[O-]. The van der Waals surface area contributed by atoms with E-state index in [1.807, 2.05) is 0 Å². The van der Waals surface area contributed by atoms with E-state index in [1.54, 1.807) is 18.2 Å². The van der Waals surface area contributed by atoms with Crippen LogP contribution >= 0.6 is 0 Å². The number of ether oxygens (including phenoxy) is 1. The molecule has 1 unspecified atom stereocenters. The van der Waals surface area contributed by atoms with Gasteiger partial charge in [0.25, 0.3) is 0 Å². The molecule has 5 nitrogen and oxygen atoms in total. The van der Waals surface area contributed by atoms with Crippen LogP contribution in [-0.2, 0) is 16.0 Å². The van der Waals surface area contributed by atoms with Crippen LogP contribution in [0.4, 0.5) is 0 Å². The van der Waals surface area contributed by atoms with Crippen LogP contribution in [0.3, 0.4) is 0 Å². The minimum atomic E-state index is -1.18. The third-order valence-corrected chi connectivity index (χ3v) is 2.10. The van der Waals surface area contributed by atoms with Gasteiger partial charge >= 0.3 is 5.97 Å². The smallest absolute Gasteiger partial charge is 0.326 e. The Morgan fingerprint density at radius 3 is 2.87 bits per heavy atom. The average Bonchev–Trinajstić information content (AvgIpc) is 2.20. The van der Waals surface area contributed by atoms with E-state index in [-0.39, 0.29) is 6.42 Å². The molecule has 1 aromatic rings. The number of esters is 1. The topological polar surface area (TPSA) is 79.3 Å². The van der Waals surface area contributed by atoms with Crippen LogP contribution in [0.15, 0.2) is 24.4 Å². The summed E-state index contributed by atoms with van der Waals surface area (Å²) in [6, 6.07) is 4.96. The fraction of sp³-hybridized carbons (Fsp3) is 0.400. The zero-order chi connectivity index (χ0) is 11.5. The molecule has 5 heteroatoms. The number of hydrogen-bond donors (Lipinski definition) is 1. The lowest BCUT2D eigenvalue weighted by molar-refractivity contribution is -0.614. The molecule has 0 aromatic carbocycles. The van der Waals surface area contributed by atoms with Gasteiger partial charge in [0.2, 0.25) is 0 Å². The predicted octanol–water partition coefficient (Wildman–Crippen LogP) is -0.247. The Morgan fingerprint density at radius 1 is 1.67 bits per heavy atom. The third kappa shape index (κ3) is 2.66. The lowest BCUT2D eigenvalue weighted by Gasteiger charge is -2.20. The van der Waals surface area contributed by atoms with E-state index in [0.717, 1.165) is 0 Å². The summed E-state index contributed by atoms with van der Waals surface area (Å²) in [5, 5.41) is 11.3. The highest BCUT2D eigenvalue weighted by atomic mass is 16.5. The van der Waals surface area contributed by atoms with Crippen molar-refractivity contribution < 1.29 is 14.3 Å². The highest BCUT2D eigenvalue weighted by Gasteiger charge is 2.32. The summed E-state index contributed by atoms with van der Waals surface area (Å²) in [6.07, 6.45) is 1.51. The molecule has 0 aliphatic rings. The number of methoxy groups -OCH3 is 1. The minimum absolute atomic E-state index is 0.143. The van der Waals surface area contributed by atoms with Gasteiger partial charge in [0.05, 0.1) is 13.5 Å².